The average Bonchev–Trinajstić information content (AvgIpc) is 3.45. The first-order valence-corrected chi connectivity index (χ1v) is 11.2. The molecular formula is C24H21ClN4O2S. The van der Waals surface area contributed by atoms with E-state index in [1.54, 1.807) is 30.5 Å². The first kappa shape index (κ1) is 21.8. The number of furan rings is 1. The van der Waals surface area contributed by atoms with Crippen molar-refractivity contribution in [3.05, 3.63) is 88.8 Å². The Labute approximate surface area is 195 Å². The summed E-state index contributed by atoms with van der Waals surface area (Å²) in [4.78, 5) is 17.1. The van der Waals surface area contributed by atoms with Gasteiger partial charge < -0.3 is 9.73 Å². The van der Waals surface area contributed by atoms with Crippen LogP contribution in [0.15, 0.2) is 76.4 Å². The van der Waals surface area contributed by atoms with Crippen molar-refractivity contribution in [2.24, 2.45) is 5.10 Å². The molecule has 4 aromatic rings. The molecule has 32 heavy (non-hydrogen) atoms. The molecular weight excluding hydrogens is 444 g/mol. The molecule has 0 aliphatic carbocycles. The number of hydrogen-bond acceptors (Lipinski definition) is 6. The van der Waals surface area contributed by atoms with Crippen molar-refractivity contribution in [2.45, 2.75) is 19.8 Å². The zero-order valence-corrected chi connectivity index (χ0v) is 19.1. The minimum absolute atomic E-state index is 0.220. The molecule has 4 rings (SSSR count). The summed E-state index contributed by atoms with van der Waals surface area (Å²) in [7, 11) is 0. The van der Waals surface area contributed by atoms with Gasteiger partial charge in [-0.15, -0.1) is 0 Å². The highest BCUT2D eigenvalue weighted by Crippen LogP contribution is 2.36. The van der Waals surface area contributed by atoms with Crippen molar-refractivity contribution < 1.29 is 9.21 Å². The fourth-order valence-corrected chi connectivity index (χ4v) is 3.92. The number of amides is 1. The van der Waals surface area contributed by atoms with E-state index < -0.39 is 0 Å². The van der Waals surface area contributed by atoms with E-state index in [0.717, 1.165) is 11.1 Å². The van der Waals surface area contributed by atoms with E-state index in [2.05, 4.69) is 46.8 Å². The average molecular weight is 465 g/mol. The number of carbonyl (C=O) groups is 1. The van der Waals surface area contributed by atoms with Gasteiger partial charge in [-0.05, 0) is 41.3 Å². The van der Waals surface area contributed by atoms with Gasteiger partial charge in [-0.25, -0.2) is 4.98 Å². The molecule has 0 aliphatic rings. The molecule has 0 fully saturated rings. The van der Waals surface area contributed by atoms with Crippen LogP contribution in [-0.4, -0.2) is 17.1 Å². The first-order chi connectivity index (χ1) is 15.5. The number of carbonyl (C=O) groups excluding carboxylic acids is 1. The maximum absolute atomic E-state index is 12.5. The van der Waals surface area contributed by atoms with Gasteiger partial charge in [-0.1, -0.05) is 73.2 Å². The van der Waals surface area contributed by atoms with Gasteiger partial charge in [0.05, 0.1) is 12.5 Å². The number of anilines is 2. The summed E-state index contributed by atoms with van der Waals surface area (Å²) in [5, 5.41) is 8.91. The largest absolute Gasteiger partial charge is 0.459 e. The van der Waals surface area contributed by atoms with E-state index in [9.17, 15) is 4.79 Å². The smallest absolute Gasteiger partial charge is 0.292 e. The predicted octanol–water partition coefficient (Wildman–Crippen LogP) is 6.88. The number of rotatable bonds is 7. The van der Waals surface area contributed by atoms with Crippen molar-refractivity contribution in [1.82, 2.24) is 4.98 Å². The highest BCUT2D eigenvalue weighted by atomic mass is 35.5. The van der Waals surface area contributed by atoms with Crippen molar-refractivity contribution >= 4 is 45.2 Å². The van der Waals surface area contributed by atoms with E-state index in [1.165, 1.54) is 23.2 Å². The van der Waals surface area contributed by atoms with E-state index in [-0.39, 0.29) is 11.7 Å². The summed E-state index contributed by atoms with van der Waals surface area (Å²) >= 11 is 7.30. The Balaban J connectivity index is 1.55. The van der Waals surface area contributed by atoms with Gasteiger partial charge in [0.2, 0.25) is 5.13 Å². The monoisotopic (exact) mass is 464 g/mol. The number of aromatic nitrogens is 1. The van der Waals surface area contributed by atoms with Crippen LogP contribution >= 0.6 is 22.9 Å². The summed E-state index contributed by atoms with van der Waals surface area (Å²) in [5.74, 6) is 0.350. The molecule has 2 aromatic carbocycles. The Hall–Kier alpha value is -3.42. The zero-order chi connectivity index (χ0) is 22.5. The van der Waals surface area contributed by atoms with E-state index in [1.807, 2.05) is 24.3 Å². The molecule has 1 amide bonds. The normalized spacial score (nSPS) is 11.2. The Morgan fingerprint density at radius 3 is 2.53 bits per heavy atom. The second-order valence-electron chi connectivity index (χ2n) is 7.33. The maximum atomic E-state index is 12.5. The summed E-state index contributed by atoms with van der Waals surface area (Å²) in [6, 6.07) is 18.8. The Morgan fingerprint density at radius 2 is 1.88 bits per heavy atom. The molecule has 2 aromatic heterocycles. The third-order valence-corrected chi connectivity index (χ3v) is 5.82. The van der Waals surface area contributed by atoms with Gasteiger partial charge in [0, 0.05) is 10.6 Å². The number of hydrogen-bond donors (Lipinski definition) is 2. The molecule has 0 unspecified atom stereocenters. The Morgan fingerprint density at radius 1 is 1.12 bits per heavy atom. The SMILES string of the molecule is CC(C)c1ccc(C=NNc2nc(-c3ccc(Cl)cc3)c(NC(=O)c3ccco3)s2)cc1. The number of nitrogens with one attached hydrogen (secondary N) is 2. The van der Waals surface area contributed by atoms with Crippen LogP contribution in [0.25, 0.3) is 11.3 Å². The van der Waals surface area contributed by atoms with E-state index in [0.29, 0.717) is 26.8 Å². The van der Waals surface area contributed by atoms with Gasteiger partial charge in [0.25, 0.3) is 5.91 Å². The molecule has 0 spiro atoms. The molecule has 0 atom stereocenters. The molecule has 162 valence electrons. The van der Waals surface area contributed by atoms with Gasteiger partial charge in [0.1, 0.15) is 10.7 Å². The molecule has 2 heterocycles. The van der Waals surface area contributed by atoms with Crippen LogP contribution in [-0.2, 0) is 0 Å². The molecule has 0 saturated heterocycles. The Kier molecular flexibility index (Phi) is 6.68. The molecule has 0 bridgehead atoms. The molecule has 0 radical (unpaired) electrons. The van der Waals surface area contributed by atoms with Crippen LogP contribution in [0.4, 0.5) is 10.1 Å². The first-order valence-electron chi connectivity index (χ1n) is 10.0. The summed E-state index contributed by atoms with van der Waals surface area (Å²) in [6.07, 6.45) is 3.19. The number of benzene rings is 2. The summed E-state index contributed by atoms with van der Waals surface area (Å²) < 4.78 is 5.19. The van der Waals surface area contributed by atoms with Crippen LogP contribution in [0.3, 0.4) is 0 Å². The molecule has 0 saturated carbocycles. The number of halogens is 1. The third kappa shape index (κ3) is 5.25. The van der Waals surface area contributed by atoms with Crippen molar-refractivity contribution in [2.75, 3.05) is 10.7 Å². The topological polar surface area (TPSA) is 79.5 Å². The van der Waals surface area contributed by atoms with Crippen LogP contribution in [0.5, 0.6) is 0 Å². The number of nitrogens with zero attached hydrogens (tertiary/aromatic N) is 2. The van der Waals surface area contributed by atoms with Gasteiger partial charge in [-0.2, -0.15) is 5.10 Å². The lowest BCUT2D eigenvalue weighted by atomic mass is 10.0. The molecule has 8 heteroatoms. The fourth-order valence-electron chi connectivity index (χ4n) is 2.96. The lowest BCUT2D eigenvalue weighted by Gasteiger charge is -2.04. The fraction of sp³-hybridized carbons (Fsp3) is 0.125. The van der Waals surface area contributed by atoms with Crippen LogP contribution < -0.4 is 10.7 Å². The van der Waals surface area contributed by atoms with E-state index in [4.69, 9.17) is 16.0 Å². The Bertz CT molecular complexity index is 1210. The maximum Gasteiger partial charge on any atom is 0.292 e. The quantitative estimate of drug-likeness (QED) is 0.231. The molecule has 0 aliphatic heterocycles. The summed E-state index contributed by atoms with van der Waals surface area (Å²) in [5.41, 5.74) is 6.65. The lowest BCUT2D eigenvalue weighted by molar-refractivity contribution is 0.0997. The second-order valence-corrected chi connectivity index (χ2v) is 8.76. The number of hydrazone groups is 1. The lowest BCUT2D eigenvalue weighted by Crippen LogP contribution is -2.10. The minimum atomic E-state index is -0.353. The van der Waals surface area contributed by atoms with Crippen LogP contribution in [0.1, 0.15) is 41.4 Å². The van der Waals surface area contributed by atoms with E-state index >= 15 is 0 Å². The van der Waals surface area contributed by atoms with Crippen LogP contribution in [0, 0.1) is 0 Å². The molecule has 2 N–H and O–H groups in total. The van der Waals surface area contributed by atoms with Gasteiger partial charge in [-0.3, -0.25) is 10.2 Å². The number of thiazole rings is 1. The van der Waals surface area contributed by atoms with Crippen molar-refractivity contribution in [3.8, 4) is 11.3 Å². The van der Waals surface area contributed by atoms with Crippen LogP contribution in [0.2, 0.25) is 5.02 Å². The standard InChI is InChI=1S/C24H21ClN4O2S/c1-15(2)17-7-5-16(6-8-17)14-26-29-24-27-21(18-9-11-19(25)12-10-18)23(32-24)28-22(30)20-4-3-13-31-20/h3-15H,1-2H3,(H,27,29)(H,28,30). The zero-order valence-electron chi connectivity index (χ0n) is 17.5. The minimum Gasteiger partial charge on any atom is -0.459 e. The van der Waals surface area contributed by atoms with Gasteiger partial charge in [0.15, 0.2) is 5.76 Å². The second kappa shape index (κ2) is 9.80. The third-order valence-electron chi connectivity index (χ3n) is 4.69. The molecule has 6 nitrogen and oxygen atoms in total. The highest BCUT2D eigenvalue weighted by Gasteiger charge is 2.17. The highest BCUT2D eigenvalue weighted by molar-refractivity contribution is 7.20. The predicted molar refractivity (Wildman–Crippen MR) is 131 cm³/mol. The van der Waals surface area contributed by atoms with Crippen molar-refractivity contribution in [3.63, 3.8) is 0 Å². The summed E-state index contributed by atoms with van der Waals surface area (Å²) in [6.45, 7) is 4.32. The van der Waals surface area contributed by atoms with Gasteiger partial charge >= 0.3 is 0 Å². The van der Waals surface area contributed by atoms with Crippen molar-refractivity contribution in [1.29, 1.82) is 0 Å².